The highest BCUT2D eigenvalue weighted by Crippen LogP contribution is 2.58. The van der Waals surface area contributed by atoms with Gasteiger partial charge in [0, 0.05) is 49.7 Å². The Morgan fingerprint density at radius 2 is 1.12 bits per heavy atom. The van der Waals surface area contributed by atoms with Crippen molar-refractivity contribution in [1.29, 1.82) is 0 Å². The number of aryl methyl sites for hydroxylation is 2. The molecule has 0 aliphatic carbocycles. The van der Waals surface area contributed by atoms with Gasteiger partial charge in [-0.05, 0) is 61.1 Å². The van der Waals surface area contributed by atoms with Crippen molar-refractivity contribution in [3.05, 3.63) is 161 Å². The molecule has 8 atom stereocenters. The number of aromatic nitrogens is 4. The van der Waals surface area contributed by atoms with Gasteiger partial charge in [0.25, 0.3) is 17.7 Å². The number of rotatable bonds is 18. The van der Waals surface area contributed by atoms with Crippen LogP contribution in [0.3, 0.4) is 0 Å². The fourth-order valence-corrected chi connectivity index (χ4v) is 10.5. The maximum atomic E-state index is 14.5. The molecule has 0 unspecified atom stereocenters. The number of nitrogens with one attached hydrogen (secondary N) is 2. The summed E-state index contributed by atoms with van der Waals surface area (Å²) in [5.41, 5.74) is -1.03. The lowest BCUT2D eigenvalue weighted by Crippen LogP contribution is -2.38. The van der Waals surface area contributed by atoms with Crippen LogP contribution in [-0.2, 0) is 42.5 Å². The van der Waals surface area contributed by atoms with Gasteiger partial charge >= 0.3 is 19.0 Å². The Labute approximate surface area is 378 Å². The van der Waals surface area contributed by atoms with Crippen LogP contribution in [0.2, 0.25) is 0 Å². The van der Waals surface area contributed by atoms with Crippen molar-refractivity contribution < 1.29 is 46.4 Å². The van der Waals surface area contributed by atoms with E-state index in [0.717, 1.165) is 28.1 Å². The molecule has 2 aliphatic rings. The highest BCUT2D eigenvalue weighted by molar-refractivity contribution is 8.56. The Kier molecular flexibility index (Phi) is 14.8. The minimum Gasteiger partial charge on any atom is -0.497 e. The van der Waals surface area contributed by atoms with Crippen LogP contribution in [0.1, 0.15) is 53.1 Å². The van der Waals surface area contributed by atoms with Crippen molar-refractivity contribution >= 4 is 25.5 Å². The lowest BCUT2D eigenvalue weighted by Gasteiger charge is -2.37. The van der Waals surface area contributed by atoms with Crippen LogP contribution in [-0.4, -0.2) is 90.5 Å². The molecule has 2 saturated heterocycles. The number of hydrogen-bond donors (Lipinski definition) is 2. The van der Waals surface area contributed by atoms with Crippen LogP contribution in [0.5, 0.6) is 11.5 Å². The SMILES string of the molecule is COc1ccc(C(OC[C@H]2O[C@@H](n3cc(C)c(=O)[nH]c3=O)C[C@@H]2O[P@@](C)(=O)OC[C@H]2O[C@@H](n3cc(C)c(=O)[nH]c3=O)C[C@@H]2O[P@](C)(=O)SC)(c2ccccc2)c2ccc(OC)cc2)cc1. The first-order valence-electron chi connectivity index (χ1n) is 20.6. The zero-order valence-electron chi connectivity index (χ0n) is 36.9. The Morgan fingerprint density at radius 3 is 1.58 bits per heavy atom. The monoisotopic (exact) mass is 954 g/mol. The number of methoxy groups -OCH3 is 2. The normalized spacial score (nSPS) is 22.9. The molecule has 348 valence electrons. The molecule has 2 fully saturated rings. The number of ether oxygens (including phenoxy) is 5. The minimum atomic E-state index is -4.07. The molecular formula is C44H52N4O14P2S. The second kappa shape index (κ2) is 20.0. The largest absolute Gasteiger partial charge is 0.497 e. The molecule has 2 aromatic heterocycles. The van der Waals surface area contributed by atoms with Crippen molar-refractivity contribution in [3.8, 4) is 11.5 Å². The number of hydrogen-bond acceptors (Lipinski definition) is 15. The summed E-state index contributed by atoms with van der Waals surface area (Å²) in [5, 5.41) is 0. The average molecular weight is 955 g/mol. The molecule has 0 spiro atoms. The van der Waals surface area contributed by atoms with E-state index in [4.69, 9.17) is 37.3 Å². The first kappa shape index (κ1) is 48.1. The van der Waals surface area contributed by atoms with Crippen LogP contribution in [0, 0.1) is 13.8 Å². The van der Waals surface area contributed by atoms with Gasteiger partial charge in [0.1, 0.15) is 41.8 Å². The molecule has 18 nitrogen and oxygen atoms in total. The Balaban J connectivity index is 1.21. The van der Waals surface area contributed by atoms with Gasteiger partial charge < -0.3 is 37.3 Å². The summed E-state index contributed by atoms with van der Waals surface area (Å²) in [6.45, 7) is 2.08. The zero-order valence-corrected chi connectivity index (χ0v) is 39.5. The maximum Gasteiger partial charge on any atom is 0.330 e. The smallest absolute Gasteiger partial charge is 0.330 e. The van der Waals surface area contributed by atoms with E-state index in [2.05, 4.69) is 9.97 Å². The van der Waals surface area contributed by atoms with Crippen LogP contribution >= 0.6 is 25.5 Å². The second-order valence-electron chi connectivity index (χ2n) is 15.8. The van der Waals surface area contributed by atoms with Crippen molar-refractivity contribution in [3.63, 3.8) is 0 Å². The Morgan fingerprint density at radius 1 is 0.677 bits per heavy atom. The fraction of sp³-hybridized carbons (Fsp3) is 0.409. The summed E-state index contributed by atoms with van der Waals surface area (Å²) in [5.74, 6) is 1.26. The molecule has 7 rings (SSSR count). The molecular weight excluding hydrogens is 903 g/mol. The lowest BCUT2D eigenvalue weighted by atomic mass is 9.80. The zero-order chi connectivity index (χ0) is 46.7. The molecule has 0 saturated carbocycles. The quantitative estimate of drug-likeness (QED) is 0.0749. The molecule has 0 bridgehead atoms. The van der Waals surface area contributed by atoms with E-state index in [-0.39, 0.29) is 37.2 Å². The van der Waals surface area contributed by atoms with Crippen LogP contribution in [0.25, 0.3) is 0 Å². The summed E-state index contributed by atoms with van der Waals surface area (Å²) >= 11 is 1.03. The van der Waals surface area contributed by atoms with Crippen LogP contribution in [0.15, 0.2) is 110 Å². The first-order valence-corrected chi connectivity index (χ1v) is 26.5. The van der Waals surface area contributed by atoms with E-state index in [1.165, 1.54) is 34.9 Å². The van der Waals surface area contributed by atoms with Crippen molar-refractivity contribution in [2.45, 2.75) is 69.2 Å². The summed E-state index contributed by atoms with van der Waals surface area (Å²) < 4.78 is 79.4. The van der Waals surface area contributed by atoms with Gasteiger partial charge in [-0.15, -0.1) is 0 Å². The van der Waals surface area contributed by atoms with Gasteiger partial charge in [0.2, 0.25) is 0 Å². The third-order valence-electron chi connectivity index (χ3n) is 11.4. The van der Waals surface area contributed by atoms with Gasteiger partial charge in [-0.2, -0.15) is 0 Å². The second-order valence-corrected chi connectivity index (χ2v) is 23.0. The minimum absolute atomic E-state index is 0.0149. The molecule has 3 aromatic carbocycles. The van der Waals surface area contributed by atoms with Gasteiger partial charge in [-0.1, -0.05) is 66.0 Å². The van der Waals surface area contributed by atoms with Crippen molar-refractivity contribution in [1.82, 2.24) is 19.1 Å². The summed E-state index contributed by atoms with van der Waals surface area (Å²) in [7, 11) is -0.913. The summed E-state index contributed by atoms with van der Waals surface area (Å²) in [6.07, 6.45) is -1.36. The fourth-order valence-electron chi connectivity index (χ4n) is 7.92. The van der Waals surface area contributed by atoms with Crippen molar-refractivity contribution in [2.24, 2.45) is 0 Å². The molecule has 4 heterocycles. The Bertz CT molecular complexity index is 2750. The number of aromatic amines is 2. The molecule has 0 radical (unpaired) electrons. The summed E-state index contributed by atoms with van der Waals surface area (Å²) in [6, 6.07) is 24.5. The number of H-pyrrole nitrogens is 2. The molecule has 0 amide bonds. The van der Waals surface area contributed by atoms with E-state index in [0.29, 0.717) is 11.5 Å². The first-order chi connectivity index (χ1) is 30.9. The van der Waals surface area contributed by atoms with Gasteiger partial charge in [-0.3, -0.25) is 37.8 Å². The third kappa shape index (κ3) is 10.8. The standard InChI is InChI=1S/C44H52N4O14P2S/c1-27-23-47(42(51)45-40(27)49)38-21-34(61-63(5,53)58-26-37-35(62-64(6,54)65-7)22-39(60-37)48-24-28(2)41(50)46-43(48)52)36(59-38)25-57-44(29-11-9-8-10-12-29,30-13-17-32(55-3)18-14-30)31-15-19-33(56-4)20-16-31/h8-20,23-24,34-39H,21-22,25-26H2,1-7H3,(H,45,49,51)(H,46,50,52)/t34-,35-,36+,37+,38+,39+,63-,64-/m0/s1. The van der Waals surface area contributed by atoms with E-state index in [1.54, 1.807) is 34.3 Å². The average Bonchev–Trinajstić information content (AvgIpc) is 3.88. The number of nitrogens with zero attached hydrogens (tertiary/aromatic N) is 2. The molecule has 65 heavy (non-hydrogen) atoms. The van der Waals surface area contributed by atoms with Crippen LogP contribution < -0.4 is 32.0 Å². The summed E-state index contributed by atoms with van der Waals surface area (Å²) in [4.78, 5) is 55.1. The van der Waals surface area contributed by atoms with E-state index in [9.17, 15) is 28.3 Å². The predicted octanol–water partition coefficient (Wildman–Crippen LogP) is 6.10. The highest BCUT2D eigenvalue weighted by atomic mass is 32.7. The lowest BCUT2D eigenvalue weighted by molar-refractivity contribution is -0.0932. The van der Waals surface area contributed by atoms with E-state index >= 15 is 0 Å². The van der Waals surface area contributed by atoms with Gasteiger partial charge in [0.15, 0.2) is 0 Å². The Hall–Kier alpha value is -4.81. The molecule has 2 N–H and O–H groups in total. The molecule has 21 heteroatoms. The highest BCUT2D eigenvalue weighted by Gasteiger charge is 2.46. The molecule has 2 aliphatic heterocycles. The van der Waals surface area contributed by atoms with Crippen LogP contribution in [0.4, 0.5) is 0 Å². The van der Waals surface area contributed by atoms with E-state index < -0.39 is 79.1 Å². The van der Waals surface area contributed by atoms with E-state index in [1.807, 2.05) is 78.9 Å². The third-order valence-corrected chi connectivity index (χ3v) is 16.2. The number of benzene rings is 3. The molecule has 5 aromatic rings. The maximum absolute atomic E-state index is 14.5. The van der Waals surface area contributed by atoms with Crippen molar-refractivity contribution in [2.75, 3.05) is 47.0 Å². The van der Waals surface area contributed by atoms with Gasteiger partial charge in [-0.25, -0.2) is 9.59 Å². The topological polar surface area (TPSA) is 218 Å². The predicted molar refractivity (Wildman–Crippen MR) is 244 cm³/mol. The van der Waals surface area contributed by atoms with Gasteiger partial charge in [0.05, 0.1) is 39.6 Å².